The van der Waals surface area contributed by atoms with Crippen LogP contribution in [0.15, 0.2) is 24.3 Å². The van der Waals surface area contributed by atoms with Gasteiger partial charge in [0, 0.05) is 31.6 Å². The second-order valence-corrected chi connectivity index (χ2v) is 5.95. The van der Waals surface area contributed by atoms with Gasteiger partial charge in [-0.3, -0.25) is 14.5 Å². The first-order valence-electron chi connectivity index (χ1n) is 7.54. The van der Waals surface area contributed by atoms with Gasteiger partial charge in [-0.2, -0.15) is 0 Å². The summed E-state index contributed by atoms with van der Waals surface area (Å²) in [5, 5.41) is 3.52. The highest BCUT2D eigenvalue weighted by molar-refractivity contribution is 6.30. The number of hydrogen-bond acceptors (Lipinski definition) is 3. The highest BCUT2D eigenvalue weighted by atomic mass is 35.5. The van der Waals surface area contributed by atoms with E-state index in [9.17, 15) is 14.4 Å². The van der Waals surface area contributed by atoms with Gasteiger partial charge in [0.1, 0.15) is 6.54 Å². The molecule has 0 spiro atoms. The topological polar surface area (TPSA) is 69.7 Å². The molecule has 1 aromatic carbocycles. The van der Waals surface area contributed by atoms with Crippen molar-refractivity contribution in [3.05, 3.63) is 34.9 Å². The third-order valence-corrected chi connectivity index (χ3v) is 3.92. The molecule has 1 aliphatic rings. The number of nitrogens with one attached hydrogen (secondary N) is 1. The van der Waals surface area contributed by atoms with Gasteiger partial charge in [0.05, 0.1) is 0 Å². The Kier molecular flexibility index (Phi) is 5.98. The summed E-state index contributed by atoms with van der Waals surface area (Å²) in [6.45, 7) is 0.948. The van der Waals surface area contributed by atoms with Crippen LogP contribution in [-0.4, -0.2) is 54.3 Å². The Labute approximate surface area is 140 Å². The van der Waals surface area contributed by atoms with Crippen LogP contribution in [0.4, 0.5) is 4.79 Å². The van der Waals surface area contributed by atoms with E-state index in [2.05, 4.69) is 5.32 Å². The van der Waals surface area contributed by atoms with E-state index in [0.717, 1.165) is 12.0 Å². The molecule has 1 N–H and O–H groups in total. The molecule has 0 unspecified atom stereocenters. The van der Waals surface area contributed by atoms with Crippen molar-refractivity contribution < 1.29 is 14.4 Å². The van der Waals surface area contributed by atoms with Crippen molar-refractivity contribution in [3.63, 3.8) is 0 Å². The molecular formula is C16H20ClN3O3. The molecule has 2 rings (SSSR count). The summed E-state index contributed by atoms with van der Waals surface area (Å²) in [5.74, 6) is -0.285. The van der Waals surface area contributed by atoms with E-state index in [1.165, 1.54) is 9.80 Å². The summed E-state index contributed by atoms with van der Waals surface area (Å²) in [7, 11) is 1.59. The maximum atomic E-state index is 11.8. The molecular weight excluding hydrogens is 318 g/mol. The van der Waals surface area contributed by atoms with Crippen molar-refractivity contribution in [1.29, 1.82) is 0 Å². The summed E-state index contributed by atoms with van der Waals surface area (Å²) in [4.78, 5) is 37.6. The van der Waals surface area contributed by atoms with Crippen LogP contribution in [0.25, 0.3) is 0 Å². The van der Waals surface area contributed by atoms with Crippen molar-refractivity contribution in [1.82, 2.24) is 15.1 Å². The van der Waals surface area contributed by atoms with Crippen molar-refractivity contribution in [2.45, 2.75) is 19.3 Å². The lowest BCUT2D eigenvalue weighted by Gasteiger charge is -2.13. The fraction of sp³-hybridized carbons (Fsp3) is 0.438. The molecule has 0 bridgehead atoms. The molecule has 0 saturated carbocycles. The number of carbonyl (C=O) groups excluding carboxylic acids is 3. The van der Waals surface area contributed by atoms with E-state index in [1.54, 1.807) is 7.05 Å². The fourth-order valence-corrected chi connectivity index (χ4v) is 2.50. The summed E-state index contributed by atoms with van der Waals surface area (Å²) in [6.07, 6.45) is 1.50. The number of amides is 4. The van der Waals surface area contributed by atoms with E-state index < -0.39 is 0 Å². The number of benzene rings is 1. The largest absolute Gasteiger partial charge is 0.356 e. The smallest absolute Gasteiger partial charge is 0.326 e. The predicted molar refractivity (Wildman–Crippen MR) is 87.1 cm³/mol. The summed E-state index contributed by atoms with van der Waals surface area (Å²) in [6, 6.07) is 7.20. The summed E-state index contributed by atoms with van der Waals surface area (Å²) >= 11 is 5.81. The molecule has 4 amide bonds. The summed E-state index contributed by atoms with van der Waals surface area (Å²) in [5.41, 5.74) is 1.10. The van der Waals surface area contributed by atoms with Crippen molar-refractivity contribution >= 4 is 29.4 Å². The number of hydrogen-bond donors (Lipinski definition) is 1. The zero-order valence-corrected chi connectivity index (χ0v) is 13.8. The Balaban J connectivity index is 1.63. The number of nitrogens with zero attached hydrogens (tertiary/aromatic N) is 2. The number of imide groups is 1. The van der Waals surface area contributed by atoms with Crippen molar-refractivity contribution in [3.8, 4) is 0 Å². The number of halogens is 1. The van der Waals surface area contributed by atoms with Gasteiger partial charge in [-0.15, -0.1) is 0 Å². The van der Waals surface area contributed by atoms with Gasteiger partial charge in [-0.25, -0.2) is 4.79 Å². The molecule has 1 saturated heterocycles. The molecule has 1 aliphatic heterocycles. The first-order chi connectivity index (χ1) is 11.0. The van der Waals surface area contributed by atoms with Gasteiger partial charge in [-0.05, 0) is 30.5 Å². The van der Waals surface area contributed by atoms with Crippen LogP contribution in [0.2, 0.25) is 5.02 Å². The Morgan fingerprint density at radius 1 is 1.26 bits per heavy atom. The first kappa shape index (κ1) is 17.3. The average molecular weight is 338 g/mol. The van der Waals surface area contributed by atoms with Crippen LogP contribution in [0.5, 0.6) is 0 Å². The van der Waals surface area contributed by atoms with Crippen LogP contribution >= 0.6 is 11.6 Å². The maximum Gasteiger partial charge on any atom is 0.326 e. The lowest BCUT2D eigenvalue weighted by molar-refractivity contribution is -0.126. The Morgan fingerprint density at radius 2 is 1.96 bits per heavy atom. The van der Waals surface area contributed by atoms with Crippen LogP contribution < -0.4 is 5.32 Å². The van der Waals surface area contributed by atoms with Gasteiger partial charge in [0.2, 0.25) is 11.8 Å². The number of likely N-dealkylation sites (N-methyl/N-ethyl adjacent to an activating group) is 1. The van der Waals surface area contributed by atoms with E-state index in [4.69, 9.17) is 11.6 Å². The Hall–Kier alpha value is -2.08. The molecule has 0 aliphatic carbocycles. The van der Waals surface area contributed by atoms with Crippen LogP contribution in [0.3, 0.4) is 0 Å². The third-order valence-electron chi connectivity index (χ3n) is 3.67. The standard InChI is InChI=1S/C16H20ClN3O3/c1-19-11-15(22)20(16(19)23)10-2-3-14(21)18-9-8-12-4-6-13(17)7-5-12/h4-7H,2-3,8-11H2,1H3,(H,18,21). The number of rotatable bonds is 7. The molecule has 0 aromatic heterocycles. The Morgan fingerprint density at radius 3 is 2.57 bits per heavy atom. The molecule has 0 radical (unpaired) electrons. The fourth-order valence-electron chi connectivity index (χ4n) is 2.37. The van der Waals surface area contributed by atoms with Crippen molar-refractivity contribution in [2.24, 2.45) is 0 Å². The lowest BCUT2D eigenvalue weighted by Crippen LogP contribution is -2.33. The average Bonchev–Trinajstić information content (AvgIpc) is 2.75. The van der Waals surface area contributed by atoms with Gasteiger partial charge in [-0.1, -0.05) is 23.7 Å². The molecule has 124 valence electrons. The zero-order chi connectivity index (χ0) is 16.8. The SMILES string of the molecule is CN1CC(=O)N(CCCC(=O)NCCc2ccc(Cl)cc2)C1=O. The van der Waals surface area contributed by atoms with Gasteiger partial charge in [0.25, 0.3) is 0 Å². The van der Waals surface area contributed by atoms with Gasteiger partial charge >= 0.3 is 6.03 Å². The lowest BCUT2D eigenvalue weighted by atomic mass is 10.1. The number of urea groups is 1. The van der Waals surface area contributed by atoms with E-state index in [1.807, 2.05) is 24.3 Å². The van der Waals surface area contributed by atoms with E-state index in [-0.39, 0.29) is 30.9 Å². The monoisotopic (exact) mass is 337 g/mol. The third kappa shape index (κ3) is 4.96. The minimum Gasteiger partial charge on any atom is -0.356 e. The molecule has 23 heavy (non-hydrogen) atoms. The minimum absolute atomic E-state index is 0.0774. The zero-order valence-electron chi connectivity index (χ0n) is 13.0. The van der Waals surface area contributed by atoms with E-state index in [0.29, 0.717) is 24.4 Å². The van der Waals surface area contributed by atoms with Crippen LogP contribution in [-0.2, 0) is 16.0 Å². The van der Waals surface area contributed by atoms with E-state index >= 15 is 0 Å². The molecule has 6 nitrogen and oxygen atoms in total. The second-order valence-electron chi connectivity index (χ2n) is 5.51. The van der Waals surface area contributed by atoms with Gasteiger partial charge < -0.3 is 10.2 Å². The minimum atomic E-state index is -0.293. The van der Waals surface area contributed by atoms with Crippen molar-refractivity contribution in [2.75, 3.05) is 26.7 Å². The predicted octanol–water partition coefficient (Wildman–Crippen LogP) is 1.67. The second kappa shape index (κ2) is 7.97. The highest BCUT2D eigenvalue weighted by Crippen LogP contribution is 2.10. The van der Waals surface area contributed by atoms with Crippen LogP contribution in [0, 0.1) is 0 Å². The normalized spacial score (nSPS) is 14.5. The summed E-state index contributed by atoms with van der Waals surface area (Å²) < 4.78 is 0. The molecule has 0 atom stereocenters. The first-order valence-corrected chi connectivity index (χ1v) is 7.92. The van der Waals surface area contributed by atoms with Crippen LogP contribution in [0.1, 0.15) is 18.4 Å². The molecule has 1 fully saturated rings. The molecule has 1 aromatic rings. The Bertz CT molecular complexity index is 589. The van der Waals surface area contributed by atoms with Gasteiger partial charge in [0.15, 0.2) is 0 Å². The molecule has 7 heteroatoms. The number of carbonyl (C=O) groups is 3. The maximum absolute atomic E-state index is 11.8. The highest BCUT2D eigenvalue weighted by Gasteiger charge is 2.32. The quantitative estimate of drug-likeness (QED) is 0.769. The molecule has 1 heterocycles.